The molecule has 0 saturated heterocycles. The molecular formula is C17H14ClF3N2O2. The van der Waals surface area contributed by atoms with Gasteiger partial charge in [0.05, 0.1) is 17.8 Å². The lowest BCUT2D eigenvalue weighted by molar-refractivity contribution is -0.137. The fourth-order valence-electron chi connectivity index (χ4n) is 2.14. The predicted octanol–water partition coefficient (Wildman–Crippen LogP) is 4.04. The Morgan fingerprint density at radius 1 is 1.12 bits per heavy atom. The van der Waals surface area contributed by atoms with E-state index in [-0.39, 0.29) is 5.02 Å². The third kappa shape index (κ3) is 4.96. The zero-order valence-corrected chi connectivity index (χ0v) is 13.8. The van der Waals surface area contributed by atoms with E-state index >= 15 is 0 Å². The number of halogens is 4. The number of nitrogens with one attached hydrogen (secondary N) is 2. The highest BCUT2D eigenvalue weighted by molar-refractivity contribution is 6.30. The number of carbonyl (C=O) groups excluding carboxylic acids is 2. The topological polar surface area (TPSA) is 58.2 Å². The highest BCUT2D eigenvalue weighted by Crippen LogP contribution is 2.36. The first-order valence-electron chi connectivity index (χ1n) is 7.19. The average molecular weight is 371 g/mol. The molecule has 4 nitrogen and oxygen atoms in total. The predicted molar refractivity (Wildman–Crippen MR) is 88.6 cm³/mol. The van der Waals surface area contributed by atoms with Crippen molar-refractivity contribution in [1.29, 1.82) is 0 Å². The molecule has 2 aromatic rings. The fraction of sp³-hybridized carbons (Fsp3) is 0.176. The van der Waals surface area contributed by atoms with Crippen molar-refractivity contribution in [2.75, 3.05) is 11.9 Å². The summed E-state index contributed by atoms with van der Waals surface area (Å²) in [6.07, 6.45) is -4.67. The van der Waals surface area contributed by atoms with Gasteiger partial charge in [-0.05, 0) is 36.8 Å². The van der Waals surface area contributed by atoms with Crippen LogP contribution >= 0.6 is 11.6 Å². The molecule has 0 aromatic heterocycles. The number of rotatable bonds is 4. The van der Waals surface area contributed by atoms with Crippen molar-refractivity contribution in [3.8, 4) is 0 Å². The van der Waals surface area contributed by atoms with Gasteiger partial charge in [0.2, 0.25) is 5.91 Å². The second kappa shape index (κ2) is 7.57. The number of amides is 2. The largest absolute Gasteiger partial charge is 0.418 e. The molecule has 0 aliphatic heterocycles. The van der Waals surface area contributed by atoms with Crippen molar-refractivity contribution < 1.29 is 22.8 Å². The van der Waals surface area contributed by atoms with Crippen LogP contribution in [0.25, 0.3) is 0 Å². The Morgan fingerprint density at radius 3 is 2.44 bits per heavy atom. The number of anilines is 1. The smallest absolute Gasteiger partial charge is 0.343 e. The summed E-state index contributed by atoms with van der Waals surface area (Å²) in [5.74, 6) is -1.27. The van der Waals surface area contributed by atoms with Crippen molar-refractivity contribution in [1.82, 2.24) is 5.32 Å². The first-order valence-corrected chi connectivity index (χ1v) is 7.56. The summed E-state index contributed by atoms with van der Waals surface area (Å²) < 4.78 is 38.9. The van der Waals surface area contributed by atoms with Gasteiger partial charge in [-0.1, -0.05) is 29.8 Å². The van der Waals surface area contributed by atoms with Gasteiger partial charge in [-0.2, -0.15) is 13.2 Å². The maximum Gasteiger partial charge on any atom is 0.418 e. The summed E-state index contributed by atoms with van der Waals surface area (Å²) in [7, 11) is 0. The maximum absolute atomic E-state index is 13.0. The Hall–Kier alpha value is -2.54. The standard InChI is InChI=1S/C17H14ClF3N2O2/c1-10-4-2-3-5-12(10)16(25)22-9-15(24)23-14-7-6-11(18)8-13(14)17(19,20)21/h2-8H,9H2,1H3,(H,22,25)(H,23,24). The summed E-state index contributed by atoms with van der Waals surface area (Å²) in [6.45, 7) is 1.27. The van der Waals surface area contributed by atoms with Crippen molar-refractivity contribution in [2.45, 2.75) is 13.1 Å². The molecule has 0 unspecified atom stereocenters. The minimum atomic E-state index is -4.67. The lowest BCUT2D eigenvalue weighted by Crippen LogP contribution is -2.33. The number of carbonyl (C=O) groups is 2. The Kier molecular flexibility index (Phi) is 5.69. The molecule has 0 aliphatic carbocycles. The van der Waals surface area contributed by atoms with Gasteiger partial charge in [-0.15, -0.1) is 0 Å². The van der Waals surface area contributed by atoms with Gasteiger partial charge in [0.15, 0.2) is 0 Å². The molecule has 0 spiro atoms. The third-order valence-corrected chi connectivity index (χ3v) is 3.60. The van der Waals surface area contributed by atoms with E-state index in [0.29, 0.717) is 5.56 Å². The van der Waals surface area contributed by atoms with Gasteiger partial charge < -0.3 is 10.6 Å². The summed E-state index contributed by atoms with van der Waals surface area (Å²) in [5.41, 5.74) is -0.374. The van der Waals surface area contributed by atoms with E-state index < -0.39 is 35.8 Å². The van der Waals surface area contributed by atoms with Gasteiger partial charge in [0.25, 0.3) is 5.91 Å². The number of aryl methyl sites for hydroxylation is 1. The number of hydrogen-bond donors (Lipinski definition) is 2. The van der Waals surface area contributed by atoms with Crippen LogP contribution < -0.4 is 10.6 Å². The van der Waals surface area contributed by atoms with Gasteiger partial charge in [-0.25, -0.2) is 0 Å². The molecule has 0 bridgehead atoms. The first kappa shape index (κ1) is 18.8. The van der Waals surface area contributed by atoms with Crippen molar-refractivity contribution in [3.63, 3.8) is 0 Å². The van der Waals surface area contributed by atoms with E-state index in [1.165, 1.54) is 6.07 Å². The average Bonchev–Trinajstić information content (AvgIpc) is 2.54. The third-order valence-electron chi connectivity index (χ3n) is 3.36. The second-order valence-electron chi connectivity index (χ2n) is 5.23. The van der Waals surface area contributed by atoms with E-state index in [0.717, 1.165) is 17.7 Å². The first-order chi connectivity index (χ1) is 11.7. The molecule has 0 saturated carbocycles. The van der Waals surface area contributed by atoms with E-state index in [1.807, 2.05) is 0 Å². The van der Waals surface area contributed by atoms with Crippen molar-refractivity contribution in [2.24, 2.45) is 0 Å². The number of hydrogen-bond acceptors (Lipinski definition) is 2. The number of alkyl halides is 3. The molecule has 0 radical (unpaired) electrons. The van der Waals surface area contributed by atoms with E-state index in [9.17, 15) is 22.8 Å². The molecule has 2 aromatic carbocycles. The maximum atomic E-state index is 13.0. The van der Waals surface area contributed by atoms with Crippen LogP contribution in [0.5, 0.6) is 0 Å². The molecule has 0 atom stereocenters. The Bertz CT molecular complexity index is 807. The zero-order chi connectivity index (χ0) is 18.6. The van der Waals surface area contributed by atoms with E-state index in [2.05, 4.69) is 10.6 Å². The van der Waals surface area contributed by atoms with Crippen LogP contribution in [0.3, 0.4) is 0 Å². The summed E-state index contributed by atoms with van der Waals surface area (Å²) in [6, 6.07) is 9.78. The monoisotopic (exact) mass is 370 g/mol. The lowest BCUT2D eigenvalue weighted by Gasteiger charge is -2.14. The molecule has 132 valence electrons. The molecule has 0 fully saturated rings. The fourth-order valence-corrected chi connectivity index (χ4v) is 2.31. The molecule has 25 heavy (non-hydrogen) atoms. The summed E-state index contributed by atoms with van der Waals surface area (Å²) in [4.78, 5) is 23.9. The quantitative estimate of drug-likeness (QED) is 0.853. The molecule has 0 heterocycles. The zero-order valence-electron chi connectivity index (χ0n) is 13.1. The van der Waals surface area contributed by atoms with Gasteiger partial charge in [0.1, 0.15) is 0 Å². The van der Waals surface area contributed by atoms with Crippen LogP contribution in [-0.2, 0) is 11.0 Å². The summed E-state index contributed by atoms with van der Waals surface area (Å²) >= 11 is 5.58. The molecule has 8 heteroatoms. The Morgan fingerprint density at radius 2 is 1.80 bits per heavy atom. The van der Waals surface area contributed by atoms with Crippen LogP contribution in [0.1, 0.15) is 21.5 Å². The van der Waals surface area contributed by atoms with Crippen LogP contribution in [0.4, 0.5) is 18.9 Å². The van der Waals surface area contributed by atoms with Crippen LogP contribution in [-0.4, -0.2) is 18.4 Å². The van der Waals surface area contributed by atoms with Gasteiger partial charge in [-0.3, -0.25) is 9.59 Å². The molecule has 0 aliphatic rings. The molecular weight excluding hydrogens is 357 g/mol. The minimum Gasteiger partial charge on any atom is -0.343 e. The van der Waals surface area contributed by atoms with Gasteiger partial charge in [0, 0.05) is 10.6 Å². The lowest BCUT2D eigenvalue weighted by atomic mass is 10.1. The Balaban J connectivity index is 2.04. The van der Waals surface area contributed by atoms with Gasteiger partial charge >= 0.3 is 6.18 Å². The highest BCUT2D eigenvalue weighted by Gasteiger charge is 2.34. The van der Waals surface area contributed by atoms with Crippen molar-refractivity contribution in [3.05, 3.63) is 64.2 Å². The summed E-state index contributed by atoms with van der Waals surface area (Å²) in [5, 5.41) is 4.41. The second-order valence-corrected chi connectivity index (χ2v) is 5.67. The van der Waals surface area contributed by atoms with Crippen LogP contribution in [0.15, 0.2) is 42.5 Å². The number of benzene rings is 2. The normalized spacial score (nSPS) is 11.1. The Labute approximate surface area is 147 Å². The van der Waals surface area contributed by atoms with Crippen LogP contribution in [0.2, 0.25) is 5.02 Å². The van der Waals surface area contributed by atoms with E-state index in [4.69, 9.17) is 11.6 Å². The molecule has 2 N–H and O–H groups in total. The minimum absolute atomic E-state index is 0.0989. The SMILES string of the molecule is Cc1ccccc1C(=O)NCC(=O)Nc1ccc(Cl)cc1C(F)(F)F. The van der Waals surface area contributed by atoms with Crippen molar-refractivity contribution >= 4 is 29.1 Å². The van der Waals surface area contributed by atoms with E-state index in [1.54, 1.807) is 31.2 Å². The highest BCUT2D eigenvalue weighted by atomic mass is 35.5. The van der Waals surface area contributed by atoms with Crippen LogP contribution in [0, 0.1) is 6.92 Å². The molecule has 2 rings (SSSR count). The molecule has 2 amide bonds.